The average Bonchev–Trinajstić information content (AvgIpc) is 3.50. The SMILES string of the molecule is CCCC1=Cc2c(ccc(C(C)(C)C)c2-c2ccccc2CC)[CH]1[Zr]([Cl])([Cl])[c]1cccc2c1[SiH2]c1ccccc1-2. The van der Waals surface area contributed by atoms with Gasteiger partial charge in [0.2, 0.25) is 0 Å². The van der Waals surface area contributed by atoms with E-state index in [1.165, 1.54) is 63.7 Å². The molecule has 0 spiro atoms. The molecular formula is C36H38Cl2SiZr. The van der Waals surface area contributed by atoms with Gasteiger partial charge in [-0.05, 0) is 0 Å². The molecule has 4 aromatic rings. The van der Waals surface area contributed by atoms with Crippen LogP contribution in [0.5, 0.6) is 0 Å². The topological polar surface area (TPSA) is 0 Å². The van der Waals surface area contributed by atoms with E-state index in [4.69, 9.17) is 17.0 Å². The van der Waals surface area contributed by atoms with Gasteiger partial charge in [-0.2, -0.15) is 0 Å². The van der Waals surface area contributed by atoms with Gasteiger partial charge in [0, 0.05) is 0 Å². The first-order chi connectivity index (χ1) is 19.2. The molecule has 1 aliphatic heterocycles. The molecule has 6 rings (SSSR count). The van der Waals surface area contributed by atoms with Crippen LogP contribution in [0.3, 0.4) is 0 Å². The number of hydrogen-bond donors (Lipinski definition) is 0. The maximum absolute atomic E-state index is 7.90. The van der Waals surface area contributed by atoms with E-state index in [1.807, 2.05) is 0 Å². The van der Waals surface area contributed by atoms with Crippen molar-refractivity contribution in [3.05, 3.63) is 107 Å². The number of hydrogen-bond acceptors (Lipinski definition) is 0. The van der Waals surface area contributed by atoms with Crippen molar-refractivity contribution in [1.29, 1.82) is 0 Å². The maximum atomic E-state index is 7.90. The van der Waals surface area contributed by atoms with Gasteiger partial charge in [0.15, 0.2) is 0 Å². The predicted octanol–water partition coefficient (Wildman–Crippen LogP) is 8.34. The third-order valence-corrected chi connectivity index (χ3v) is 23.2. The van der Waals surface area contributed by atoms with Crippen molar-refractivity contribution in [2.45, 2.75) is 62.9 Å². The molecule has 0 aromatic heterocycles. The van der Waals surface area contributed by atoms with E-state index in [-0.39, 0.29) is 9.04 Å². The Balaban J connectivity index is 1.57. The van der Waals surface area contributed by atoms with Crippen molar-refractivity contribution in [2.75, 3.05) is 0 Å². The first kappa shape index (κ1) is 28.4. The summed E-state index contributed by atoms with van der Waals surface area (Å²) in [5.74, 6) is 0. The Hall–Kier alpha value is -1.70. The van der Waals surface area contributed by atoms with Gasteiger partial charge in [-0.1, -0.05) is 0 Å². The molecule has 0 nitrogen and oxygen atoms in total. The fraction of sp³-hybridized carbons (Fsp3) is 0.278. The van der Waals surface area contributed by atoms with E-state index in [9.17, 15) is 0 Å². The van der Waals surface area contributed by atoms with Crippen LogP contribution in [-0.4, -0.2) is 9.52 Å². The number of rotatable bonds is 6. The molecule has 40 heavy (non-hydrogen) atoms. The van der Waals surface area contributed by atoms with Gasteiger partial charge in [-0.3, -0.25) is 0 Å². The van der Waals surface area contributed by atoms with Crippen molar-refractivity contribution in [1.82, 2.24) is 0 Å². The quantitative estimate of drug-likeness (QED) is 0.161. The number of fused-ring (bicyclic) bond motifs is 4. The second-order valence-electron chi connectivity index (χ2n) is 12.4. The van der Waals surface area contributed by atoms with Crippen LogP contribution < -0.4 is 13.6 Å². The molecular weight excluding hydrogens is 623 g/mol. The van der Waals surface area contributed by atoms with Crippen LogP contribution in [0.1, 0.15) is 73.3 Å². The summed E-state index contributed by atoms with van der Waals surface area (Å²) in [5, 5.41) is 3.02. The molecule has 0 fully saturated rings. The van der Waals surface area contributed by atoms with Crippen LogP contribution in [0.25, 0.3) is 28.3 Å². The summed E-state index contributed by atoms with van der Waals surface area (Å²) in [6, 6.07) is 29.4. The Bertz CT molecular complexity index is 1640. The van der Waals surface area contributed by atoms with Gasteiger partial charge in [0.25, 0.3) is 0 Å². The van der Waals surface area contributed by atoms with E-state index in [0.29, 0.717) is 0 Å². The minimum atomic E-state index is -3.98. The zero-order chi connectivity index (χ0) is 28.2. The van der Waals surface area contributed by atoms with Crippen molar-refractivity contribution in [3.63, 3.8) is 0 Å². The van der Waals surface area contributed by atoms with Crippen LogP contribution >= 0.6 is 17.0 Å². The van der Waals surface area contributed by atoms with Crippen molar-refractivity contribution >= 4 is 46.3 Å². The number of benzene rings is 4. The van der Waals surface area contributed by atoms with Gasteiger partial charge in [-0.15, -0.1) is 0 Å². The first-order valence-electron chi connectivity index (χ1n) is 14.7. The van der Waals surface area contributed by atoms with Crippen LogP contribution in [0.15, 0.2) is 84.4 Å². The van der Waals surface area contributed by atoms with Crippen molar-refractivity contribution in [3.8, 4) is 22.3 Å². The van der Waals surface area contributed by atoms with Gasteiger partial charge in [0.05, 0.1) is 0 Å². The summed E-state index contributed by atoms with van der Waals surface area (Å²) in [4.78, 5) is 0. The standard InChI is InChI=1S/C24H29.C12H9Si.2ClH.Zr/c1-6-10-17-15-19-13-14-22(24(3,4)5)23(21(19)16-17)20-12-9-8-11-18(20)7-2;1-3-7-11-9(5-1)10-6-2-4-8-12(10)13-11;;;/h8-9,11-16H,6-7,10H2,1-5H3;1-7H,13H2;2*1H;/q;;;;+2/p-2. The number of halogens is 2. The van der Waals surface area contributed by atoms with Gasteiger partial charge in [-0.25, -0.2) is 0 Å². The molecule has 0 saturated carbocycles. The van der Waals surface area contributed by atoms with Crippen molar-refractivity contribution in [2.24, 2.45) is 0 Å². The molecule has 4 heteroatoms. The van der Waals surface area contributed by atoms with Crippen LogP contribution in [0.2, 0.25) is 0 Å². The molecule has 0 saturated heterocycles. The molecule has 0 bridgehead atoms. The molecule has 1 aliphatic carbocycles. The second-order valence-corrected chi connectivity index (χ2v) is 28.3. The fourth-order valence-corrected chi connectivity index (χ4v) is 23.9. The normalized spacial score (nSPS) is 16.6. The van der Waals surface area contributed by atoms with Gasteiger partial charge in [0.1, 0.15) is 0 Å². The Labute approximate surface area is 254 Å². The minimum absolute atomic E-state index is 0.0159. The third kappa shape index (κ3) is 4.68. The Morgan fingerprint density at radius 2 is 1.50 bits per heavy atom. The van der Waals surface area contributed by atoms with E-state index >= 15 is 0 Å². The van der Waals surface area contributed by atoms with Crippen molar-refractivity contribution < 1.29 is 17.9 Å². The van der Waals surface area contributed by atoms with Gasteiger partial charge < -0.3 is 0 Å². The third-order valence-electron chi connectivity index (χ3n) is 8.88. The summed E-state index contributed by atoms with van der Waals surface area (Å²) < 4.78 is 1.44. The summed E-state index contributed by atoms with van der Waals surface area (Å²) >= 11 is -3.98. The number of allylic oxidation sites excluding steroid dienone is 1. The molecule has 204 valence electrons. The molecule has 1 atom stereocenters. The Kier molecular flexibility index (Phi) is 7.71. The zero-order valence-corrected chi connectivity index (χ0v) is 29.6. The Morgan fingerprint density at radius 3 is 2.23 bits per heavy atom. The summed E-state index contributed by atoms with van der Waals surface area (Å²) in [6.45, 7) is 11.5. The fourth-order valence-electron chi connectivity index (χ4n) is 7.06. The van der Waals surface area contributed by atoms with E-state index in [2.05, 4.69) is 120 Å². The molecule has 1 unspecified atom stereocenters. The molecule has 1 heterocycles. The monoisotopic (exact) mass is 658 g/mol. The van der Waals surface area contributed by atoms with Crippen LogP contribution in [-0.2, 0) is 29.7 Å². The second kappa shape index (κ2) is 10.9. The number of aryl methyl sites for hydroxylation is 1. The molecule has 2 aliphatic rings. The zero-order valence-electron chi connectivity index (χ0n) is 24.2. The molecule has 0 radical (unpaired) electrons. The summed E-state index contributed by atoms with van der Waals surface area (Å²) in [6.07, 6.45) is 5.62. The molecule has 0 amide bonds. The average molecular weight is 661 g/mol. The van der Waals surface area contributed by atoms with E-state index in [0.717, 1.165) is 19.3 Å². The summed E-state index contributed by atoms with van der Waals surface area (Å²) in [5.41, 5.74) is 12.5. The van der Waals surface area contributed by atoms with E-state index in [1.54, 1.807) is 0 Å². The Morgan fingerprint density at radius 1 is 0.800 bits per heavy atom. The predicted molar refractivity (Wildman–Crippen MR) is 177 cm³/mol. The van der Waals surface area contributed by atoms with E-state index < -0.39 is 27.4 Å². The summed E-state index contributed by atoms with van der Waals surface area (Å²) in [7, 11) is 15.2. The first-order valence-corrected chi connectivity index (χ1v) is 25.1. The van der Waals surface area contributed by atoms with Crippen LogP contribution in [0, 0.1) is 0 Å². The van der Waals surface area contributed by atoms with Gasteiger partial charge >= 0.3 is 256 Å². The van der Waals surface area contributed by atoms with Crippen LogP contribution in [0.4, 0.5) is 0 Å². The molecule has 4 aromatic carbocycles. The molecule has 0 N–H and O–H groups in total.